The number of anilines is 1. The Morgan fingerprint density at radius 1 is 1.25 bits per heavy atom. The Morgan fingerprint density at radius 2 is 1.88 bits per heavy atom. The number of hydrogen-bond acceptors (Lipinski definition) is 4. The second-order valence-electron chi connectivity index (χ2n) is 5.97. The van der Waals surface area contributed by atoms with Crippen LogP contribution in [0.5, 0.6) is 0 Å². The van der Waals surface area contributed by atoms with Crippen LogP contribution in [0.15, 0.2) is 12.1 Å². The third-order valence-corrected chi connectivity index (χ3v) is 4.65. The summed E-state index contributed by atoms with van der Waals surface area (Å²) in [5.41, 5.74) is 1.89. The molecule has 0 bridgehead atoms. The lowest BCUT2D eigenvalue weighted by atomic mass is 10.1. The van der Waals surface area contributed by atoms with E-state index in [1.165, 1.54) is 4.90 Å². The van der Waals surface area contributed by atoms with E-state index in [1.807, 2.05) is 13.8 Å². The molecule has 1 N–H and O–H groups in total. The zero-order valence-electron chi connectivity index (χ0n) is 14.3. The molecule has 0 heterocycles. The summed E-state index contributed by atoms with van der Waals surface area (Å²) in [5, 5.41) is 9.53. The lowest BCUT2D eigenvalue weighted by Gasteiger charge is -2.25. The van der Waals surface area contributed by atoms with Crippen molar-refractivity contribution in [1.29, 1.82) is 0 Å². The maximum absolute atomic E-state index is 12.5. The fourth-order valence-corrected chi connectivity index (χ4v) is 3.31. The average molecular weight is 372 g/mol. The van der Waals surface area contributed by atoms with Crippen molar-refractivity contribution >= 4 is 46.0 Å². The predicted octanol–water partition coefficient (Wildman–Crippen LogP) is 3.68. The Labute approximate surface area is 151 Å². The van der Waals surface area contributed by atoms with Crippen LogP contribution < -0.4 is 4.90 Å². The number of carbonyl (C=O) groups excluding carboxylic acids is 2. The predicted molar refractivity (Wildman–Crippen MR) is 97.8 cm³/mol. The van der Waals surface area contributed by atoms with Crippen LogP contribution in [0, 0.1) is 19.8 Å². The van der Waals surface area contributed by atoms with Gasteiger partial charge in [-0.05, 0) is 37.0 Å². The molecule has 0 saturated heterocycles. The van der Waals surface area contributed by atoms with Gasteiger partial charge in [-0.2, -0.15) is 0 Å². The number of rotatable bonds is 7. The van der Waals surface area contributed by atoms with Gasteiger partial charge in [0.25, 0.3) is 0 Å². The number of aliphatic carboxylic acids is 1. The Bertz CT molecular complexity index is 646. The topological polar surface area (TPSA) is 74.7 Å². The molecule has 24 heavy (non-hydrogen) atoms. The second kappa shape index (κ2) is 9.08. The molecule has 0 aromatic heterocycles. The molecule has 0 radical (unpaired) electrons. The van der Waals surface area contributed by atoms with Gasteiger partial charge >= 0.3 is 5.97 Å². The van der Waals surface area contributed by atoms with E-state index in [-0.39, 0.29) is 16.8 Å². The van der Waals surface area contributed by atoms with Gasteiger partial charge in [0.2, 0.25) is 5.91 Å². The van der Waals surface area contributed by atoms with Crippen molar-refractivity contribution in [2.45, 2.75) is 34.1 Å². The van der Waals surface area contributed by atoms with Gasteiger partial charge in [-0.3, -0.25) is 19.3 Å². The molecular formula is C17H22ClNO4S. The van der Waals surface area contributed by atoms with E-state index in [0.717, 1.165) is 17.3 Å². The highest BCUT2D eigenvalue weighted by Gasteiger charge is 2.24. The minimum absolute atomic E-state index is 0.0758. The summed E-state index contributed by atoms with van der Waals surface area (Å²) in [6.07, 6.45) is 0.381. The lowest BCUT2D eigenvalue weighted by molar-refractivity contribution is -0.136. The minimum Gasteiger partial charge on any atom is -0.480 e. The SMILES string of the molecule is Cc1ccc(Cl)c(C)c1N(CC(=O)O)C(=O)CSC(=O)CC(C)C. The number of halogens is 1. The van der Waals surface area contributed by atoms with E-state index < -0.39 is 18.4 Å². The molecule has 7 heteroatoms. The van der Waals surface area contributed by atoms with Crippen LogP contribution in [0.25, 0.3) is 0 Å². The number of carboxylic acids is 1. The first kappa shape index (κ1) is 20.5. The lowest BCUT2D eigenvalue weighted by Crippen LogP contribution is -2.38. The Kier molecular flexibility index (Phi) is 7.76. The van der Waals surface area contributed by atoms with Gasteiger partial charge in [0.1, 0.15) is 6.54 Å². The van der Waals surface area contributed by atoms with Crippen molar-refractivity contribution in [1.82, 2.24) is 0 Å². The molecular weight excluding hydrogens is 350 g/mol. The fraction of sp³-hybridized carbons (Fsp3) is 0.471. The molecule has 5 nitrogen and oxygen atoms in total. The van der Waals surface area contributed by atoms with Crippen LogP contribution in [-0.4, -0.2) is 34.4 Å². The summed E-state index contributed by atoms with van der Waals surface area (Å²) in [6.45, 7) is 6.91. The molecule has 132 valence electrons. The highest BCUT2D eigenvalue weighted by Crippen LogP contribution is 2.31. The first-order valence-electron chi connectivity index (χ1n) is 7.57. The summed E-state index contributed by atoms with van der Waals surface area (Å²) in [4.78, 5) is 36.7. The van der Waals surface area contributed by atoms with Crippen LogP contribution >= 0.6 is 23.4 Å². The number of hydrogen-bond donors (Lipinski definition) is 1. The average Bonchev–Trinajstić information content (AvgIpc) is 2.47. The zero-order chi connectivity index (χ0) is 18.4. The monoisotopic (exact) mass is 371 g/mol. The number of nitrogens with zero attached hydrogens (tertiary/aromatic N) is 1. The molecule has 1 rings (SSSR count). The quantitative estimate of drug-likeness (QED) is 0.791. The van der Waals surface area contributed by atoms with Crippen LogP contribution in [0.2, 0.25) is 5.02 Å². The zero-order valence-corrected chi connectivity index (χ0v) is 15.8. The largest absolute Gasteiger partial charge is 0.480 e. The number of carbonyl (C=O) groups is 3. The normalized spacial score (nSPS) is 10.8. The summed E-state index contributed by atoms with van der Waals surface area (Å²) >= 11 is 7.03. The molecule has 1 aromatic carbocycles. The van der Waals surface area contributed by atoms with Gasteiger partial charge in [-0.25, -0.2) is 0 Å². The van der Waals surface area contributed by atoms with Crippen molar-refractivity contribution in [3.63, 3.8) is 0 Å². The van der Waals surface area contributed by atoms with E-state index in [2.05, 4.69) is 0 Å². The summed E-state index contributed by atoms with van der Waals surface area (Å²) in [7, 11) is 0. The number of amides is 1. The molecule has 0 fully saturated rings. The number of thioether (sulfide) groups is 1. The Morgan fingerprint density at radius 3 is 2.42 bits per heavy atom. The standard InChI is InChI=1S/C17H22ClNO4S/c1-10(2)7-16(23)24-9-14(20)19(8-15(21)22)17-11(3)5-6-13(18)12(17)4/h5-6,10H,7-9H2,1-4H3,(H,21,22). The van der Waals surface area contributed by atoms with Crippen LogP contribution in [0.3, 0.4) is 0 Å². The van der Waals surface area contributed by atoms with Crippen molar-refractivity contribution in [3.05, 3.63) is 28.3 Å². The van der Waals surface area contributed by atoms with Gasteiger partial charge in [0, 0.05) is 11.4 Å². The second-order valence-corrected chi connectivity index (χ2v) is 7.41. The van der Waals surface area contributed by atoms with E-state index in [0.29, 0.717) is 22.7 Å². The molecule has 0 unspecified atom stereocenters. The highest BCUT2D eigenvalue weighted by molar-refractivity contribution is 8.14. The smallest absolute Gasteiger partial charge is 0.323 e. The van der Waals surface area contributed by atoms with Gasteiger partial charge in [-0.1, -0.05) is 43.3 Å². The molecule has 0 aliphatic carbocycles. The Balaban J connectivity index is 3.02. The highest BCUT2D eigenvalue weighted by atomic mass is 35.5. The van der Waals surface area contributed by atoms with E-state index in [1.54, 1.807) is 26.0 Å². The van der Waals surface area contributed by atoms with Gasteiger partial charge in [0.05, 0.1) is 11.4 Å². The van der Waals surface area contributed by atoms with Crippen molar-refractivity contribution in [3.8, 4) is 0 Å². The summed E-state index contributed by atoms with van der Waals surface area (Å²) in [6, 6.07) is 3.45. The van der Waals surface area contributed by atoms with Crippen molar-refractivity contribution in [2.75, 3.05) is 17.2 Å². The first-order valence-corrected chi connectivity index (χ1v) is 8.93. The molecule has 0 atom stereocenters. The van der Waals surface area contributed by atoms with Crippen LogP contribution in [0.4, 0.5) is 5.69 Å². The maximum atomic E-state index is 12.5. The van der Waals surface area contributed by atoms with Gasteiger partial charge in [-0.15, -0.1) is 0 Å². The van der Waals surface area contributed by atoms with Gasteiger partial charge in [0.15, 0.2) is 5.12 Å². The van der Waals surface area contributed by atoms with E-state index in [9.17, 15) is 14.4 Å². The van der Waals surface area contributed by atoms with E-state index in [4.69, 9.17) is 16.7 Å². The number of carboxylic acid groups (broad SMARTS) is 1. The molecule has 1 aromatic rings. The first-order chi connectivity index (χ1) is 11.1. The molecule has 1 amide bonds. The Hall–Kier alpha value is -1.53. The van der Waals surface area contributed by atoms with Crippen molar-refractivity contribution < 1.29 is 19.5 Å². The number of benzene rings is 1. The van der Waals surface area contributed by atoms with Crippen molar-refractivity contribution in [2.24, 2.45) is 5.92 Å². The van der Waals surface area contributed by atoms with Crippen LogP contribution in [0.1, 0.15) is 31.4 Å². The van der Waals surface area contributed by atoms with E-state index >= 15 is 0 Å². The molecule has 0 aliphatic heterocycles. The molecule has 0 aliphatic rings. The van der Waals surface area contributed by atoms with Crippen LogP contribution in [-0.2, 0) is 14.4 Å². The summed E-state index contributed by atoms with van der Waals surface area (Å²) in [5.74, 6) is -1.43. The summed E-state index contributed by atoms with van der Waals surface area (Å²) < 4.78 is 0. The third kappa shape index (κ3) is 5.83. The minimum atomic E-state index is -1.12. The maximum Gasteiger partial charge on any atom is 0.323 e. The third-order valence-electron chi connectivity index (χ3n) is 3.36. The number of aryl methyl sites for hydroxylation is 1. The molecule has 0 spiro atoms. The fourth-order valence-electron chi connectivity index (χ4n) is 2.27. The van der Waals surface area contributed by atoms with Gasteiger partial charge < -0.3 is 5.11 Å². The molecule has 0 saturated carbocycles.